The van der Waals surface area contributed by atoms with E-state index in [-0.39, 0.29) is 23.3 Å². The number of hydrogen-bond acceptors (Lipinski definition) is 4. The lowest BCUT2D eigenvalue weighted by Crippen LogP contribution is -2.29. The van der Waals surface area contributed by atoms with Crippen LogP contribution in [0.3, 0.4) is 0 Å². The molecule has 2 aromatic carbocycles. The van der Waals surface area contributed by atoms with Crippen LogP contribution in [0.4, 0.5) is 0 Å². The molecule has 1 heterocycles. The Morgan fingerprint density at radius 3 is 2.81 bits per heavy atom. The van der Waals surface area contributed by atoms with E-state index in [0.717, 1.165) is 16.5 Å². The maximum absolute atomic E-state index is 12.4. The van der Waals surface area contributed by atoms with Crippen molar-refractivity contribution in [2.45, 2.75) is 30.7 Å². The molecule has 7 nitrogen and oxygen atoms in total. The number of amides is 1. The summed E-state index contributed by atoms with van der Waals surface area (Å²) in [5.74, 6) is -0.142. The zero-order valence-corrected chi connectivity index (χ0v) is 15.1. The quantitative estimate of drug-likeness (QED) is 0.613. The molecule has 1 amide bonds. The van der Waals surface area contributed by atoms with Gasteiger partial charge in [0.05, 0.1) is 29.1 Å². The number of H-pyrrole nitrogens is 1. The minimum atomic E-state index is -3.78. The van der Waals surface area contributed by atoms with Gasteiger partial charge in [-0.3, -0.25) is 9.89 Å². The molecule has 1 unspecified atom stereocenters. The molecule has 3 aromatic rings. The van der Waals surface area contributed by atoms with E-state index in [9.17, 15) is 13.2 Å². The highest BCUT2D eigenvalue weighted by atomic mass is 32.2. The second-order valence-corrected chi connectivity index (χ2v) is 7.68. The van der Waals surface area contributed by atoms with E-state index in [1.165, 1.54) is 12.1 Å². The molecular formula is C18H20N4O3S. The highest BCUT2D eigenvalue weighted by molar-refractivity contribution is 7.89. The number of benzene rings is 2. The summed E-state index contributed by atoms with van der Waals surface area (Å²) in [4.78, 5) is 12.5. The van der Waals surface area contributed by atoms with Gasteiger partial charge in [-0.25, -0.2) is 13.6 Å². The molecule has 1 aromatic heterocycles. The average molecular weight is 372 g/mol. The van der Waals surface area contributed by atoms with Gasteiger partial charge in [0.2, 0.25) is 15.9 Å². The van der Waals surface area contributed by atoms with Crippen LogP contribution in [0.5, 0.6) is 0 Å². The molecule has 136 valence electrons. The molecule has 3 rings (SSSR count). The van der Waals surface area contributed by atoms with Crippen molar-refractivity contribution in [2.24, 2.45) is 5.14 Å². The molecule has 8 heteroatoms. The van der Waals surface area contributed by atoms with E-state index >= 15 is 0 Å². The third-order valence-electron chi connectivity index (χ3n) is 4.20. The van der Waals surface area contributed by atoms with Gasteiger partial charge in [-0.1, -0.05) is 31.2 Å². The molecule has 0 aliphatic carbocycles. The Kier molecular flexibility index (Phi) is 5.06. The van der Waals surface area contributed by atoms with Gasteiger partial charge in [-0.05, 0) is 35.7 Å². The fraction of sp³-hybridized carbons (Fsp3) is 0.222. The number of carbonyl (C=O) groups is 1. The van der Waals surface area contributed by atoms with E-state index in [2.05, 4.69) is 15.5 Å². The van der Waals surface area contributed by atoms with Crippen LogP contribution >= 0.6 is 0 Å². The highest BCUT2D eigenvalue weighted by Crippen LogP contribution is 2.20. The first-order valence-corrected chi connectivity index (χ1v) is 9.75. The van der Waals surface area contributed by atoms with Gasteiger partial charge in [0.15, 0.2) is 0 Å². The SMILES string of the molecule is CCC(NC(=O)Cc1ccc2cn[nH]c2c1)c1cccc(S(N)(=O)=O)c1. The maximum atomic E-state index is 12.4. The number of hydrogen-bond donors (Lipinski definition) is 3. The van der Waals surface area contributed by atoms with Crippen LogP contribution in [0.15, 0.2) is 53.6 Å². The van der Waals surface area contributed by atoms with Crippen molar-refractivity contribution >= 4 is 26.8 Å². The lowest BCUT2D eigenvalue weighted by molar-refractivity contribution is -0.121. The zero-order chi connectivity index (χ0) is 18.7. The summed E-state index contributed by atoms with van der Waals surface area (Å²) in [6, 6.07) is 11.7. The van der Waals surface area contributed by atoms with Crippen LogP contribution in [0.25, 0.3) is 10.9 Å². The van der Waals surface area contributed by atoms with Gasteiger partial charge in [0.25, 0.3) is 0 Å². The second kappa shape index (κ2) is 7.27. The molecule has 0 aliphatic heterocycles. The van der Waals surface area contributed by atoms with Crippen molar-refractivity contribution in [3.8, 4) is 0 Å². The maximum Gasteiger partial charge on any atom is 0.238 e. The van der Waals surface area contributed by atoms with Gasteiger partial charge in [0, 0.05) is 5.39 Å². The smallest absolute Gasteiger partial charge is 0.238 e. The zero-order valence-electron chi connectivity index (χ0n) is 14.3. The summed E-state index contributed by atoms with van der Waals surface area (Å²) in [6.45, 7) is 1.92. The Hall–Kier alpha value is -2.71. The lowest BCUT2D eigenvalue weighted by atomic mass is 10.0. The number of fused-ring (bicyclic) bond motifs is 1. The largest absolute Gasteiger partial charge is 0.349 e. The predicted molar refractivity (Wildman–Crippen MR) is 98.8 cm³/mol. The summed E-state index contributed by atoms with van der Waals surface area (Å²) < 4.78 is 23.1. The summed E-state index contributed by atoms with van der Waals surface area (Å²) >= 11 is 0. The molecule has 0 saturated carbocycles. The molecule has 0 aliphatic rings. The van der Waals surface area contributed by atoms with Crippen LogP contribution in [0, 0.1) is 0 Å². The van der Waals surface area contributed by atoms with Crippen molar-refractivity contribution in [1.82, 2.24) is 15.5 Å². The van der Waals surface area contributed by atoms with Gasteiger partial charge in [0.1, 0.15) is 0 Å². The van der Waals surface area contributed by atoms with Crippen molar-refractivity contribution in [3.05, 3.63) is 59.8 Å². The van der Waals surface area contributed by atoms with E-state index in [1.807, 2.05) is 25.1 Å². The van der Waals surface area contributed by atoms with Crippen molar-refractivity contribution < 1.29 is 13.2 Å². The average Bonchev–Trinajstić information content (AvgIpc) is 3.07. The van der Waals surface area contributed by atoms with Gasteiger partial charge in [-0.2, -0.15) is 5.10 Å². The number of rotatable bonds is 6. The molecule has 0 saturated heterocycles. The van der Waals surface area contributed by atoms with E-state index < -0.39 is 10.0 Å². The number of nitrogens with zero attached hydrogens (tertiary/aromatic N) is 1. The number of sulfonamides is 1. The standard InChI is InChI=1S/C18H20N4O3S/c1-2-16(13-4-3-5-15(10-13)26(19,24)25)21-18(23)9-12-6-7-14-11-20-22-17(14)8-12/h3-8,10-11,16H,2,9H2,1H3,(H,20,22)(H,21,23)(H2,19,24,25). The van der Waals surface area contributed by atoms with E-state index in [4.69, 9.17) is 5.14 Å². The van der Waals surface area contributed by atoms with Crippen LogP contribution in [-0.4, -0.2) is 24.5 Å². The topological polar surface area (TPSA) is 118 Å². The number of nitrogens with one attached hydrogen (secondary N) is 2. The fourth-order valence-electron chi connectivity index (χ4n) is 2.85. The van der Waals surface area contributed by atoms with E-state index in [0.29, 0.717) is 12.0 Å². The first-order valence-electron chi connectivity index (χ1n) is 8.21. The van der Waals surface area contributed by atoms with Gasteiger partial charge in [-0.15, -0.1) is 0 Å². The Balaban J connectivity index is 1.74. The Morgan fingerprint density at radius 2 is 2.08 bits per heavy atom. The number of primary sulfonamides is 1. The predicted octanol–water partition coefficient (Wildman–Crippen LogP) is 2.02. The first kappa shape index (κ1) is 18.1. The van der Waals surface area contributed by atoms with Crippen molar-refractivity contribution in [3.63, 3.8) is 0 Å². The van der Waals surface area contributed by atoms with Crippen molar-refractivity contribution in [2.75, 3.05) is 0 Å². The van der Waals surface area contributed by atoms with Crippen LogP contribution < -0.4 is 10.5 Å². The molecule has 0 spiro atoms. The fourth-order valence-corrected chi connectivity index (χ4v) is 3.42. The number of nitrogens with two attached hydrogens (primary N) is 1. The molecular weight excluding hydrogens is 352 g/mol. The highest BCUT2D eigenvalue weighted by Gasteiger charge is 2.16. The van der Waals surface area contributed by atoms with Crippen LogP contribution in [0.1, 0.15) is 30.5 Å². The van der Waals surface area contributed by atoms with E-state index in [1.54, 1.807) is 18.3 Å². The number of aromatic amines is 1. The normalized spacial score (nSPS) is 12.8. The summed E-state index contributed by atoms with van der Waals surface area (Å²) in [5.41, 5.74) is 2.45. The third kappa shape index (κ3) is 4.09. The monoisotopic (exact) mass is 372 g/mol. The number of carbonyl (C=O) groups excluding carboxylic acids is 1. The molecule has 0 fully saturated rings. The minimum Gasteiger partial charge on any atom is -0.349 e. The molecule has 26 heavy (non-hydrogen) atoms. The minimum absolute atomic E-state index is 0.0346. The number of aromatic nitrogens is 2. The molecule has 4 N–H and O–H groups in total. The Morgan fingerprint density at radius 1 is 1.27 bits per heavy atom. The Bertz CT molecular complexity index is 1040. The molecule has 1 atom stereocenters. The summed E-state index contributed by atoms with van der Waals surface area (Å²) in [6.07, 6.45) is 2.57. The molecule has 0 radical (unpaired) electrons. The third-order valence-corrected chi connectivity index (χ3v) is 5.11. The summed E-state index contributed by atoms with van der Waals surface area (Å²) in [7, 11) is -3.78. The van der Waals surface area contributed by atoms with Crippen LogP contribution in [-0.2, 0) is 21.2 Å². The Labute approximate surface area is 151 Å². The molecule has 0 bridgehead atoms. The lowest BCUT2D eigenvalue weighted by Gasteiger charge is -2.18. The first-order chi connectivity index (χ1) is 12.4. The second-order valence-electron chi connectivity index (χ2n) is 6.11. The van der Waals surface area contributed by atoms with Gasteiger partial charge < -0.3 is 5.32 Å². The summed E-state index contributed by atoms with van der Waals surface area (Å²) in [5, 5.41) is 16.0. The van der Waals surface area contributed by atoms with Crippen LogP contribution in [0.2, 0.25) is 0 Å². The van der Waals surface area contributed by atoms with Crippen molar-refractivity contribution in [1.29, 1.82) is 0 Å². The van der Waals surface area contributed by atoms with Gasteiger partial charge >= 0.3 is 0 Å².